The lowest BCUT2D eigenvalue weighted by Gasteiger charge is -2.25. The number of hydrogen-bond donors (Lipinski definition) is 1. The SMILES string of the molecule is CCNC(C#N)(CC)CCCSc1ccccc1F. The van der Waals surface area contributed by atoms with Gasteiger partial charge in [0.2, 0.25) is 0 Å². The third-order valence-corrected chi connectivity index (χ3v) is 4.31. The number of benzene rings is 1. The van der Waals surface area contributed by atoms with Gasteiger partial charge in [0, 0.05) is 4.90 Å². The summed E-state index contributed by atoms with van der Waals surface area (Å²) in [5.41, 5.74) is -0.426. The molecule has 1 unspecified atom stereocenters. The van der Waals surface area contributed by atoms with Crippen molar-refractivity contribution in [2.45, 2.75) is 43.5 Å². The van der Waals surface area contributed by atoms with Crippen LogP contribution in [0.25, 0.3) is 0 Å². The molecule has 0 saturated heterocycles. The summed E-state index contributed by atoms with van der Waals surface area (Å²) in [6, 6.07) is 9.19. The molecule has 0 aliphatic carbocycles. The molecule has 0 spiro atoms. The van der Waals surface area contributed by atoms with Crippen LogP contribution in [0.4, 0.5) is 4.39 Å². The van der Waals surface area contributed by atoms with Crippen molar-refractivity contribution in [3.63, 3.8) is 0 Å². The number of hydrogen-bond acceptors (Lipinski definition) is 3. The number of nitrogens with one attached hydrogen (secondary N) is 1. The Hall–Kier alpha value is -1.05. The van der Waals surface area contributed by atoms with E-state index in [2.05, 4.69) is 11.4 Å². The van der Waals surface area contributed by atoms with Gasteiger partial charge in [-0.1, -0.05) is 26.0 Å². The summed E-state index contributed by atoms with van der Waals surface area (Å²) in [6.07, 6.45) is 2.49. The first-order valence-electron chi connectivity index (χ1n) is 6.71. The highest BCUT2D eigenvalue weighted by Gasteiger charge is 2.25. The standard InChI is InChI=1S/C15H21FN2S/c1-3-15(12-17,18-4-2)10-7-11-19-14-9-6-5-8-13(14)16/h5-6,8-9,18H,3-4,7,10-11H2,1-2H3. The van der Waals surface area contributed by atoms with Crippen LogP contribution >= 0.6 is 11.8 Å². The van der Waals surface area contributed by atoms with Crippen molar-refractivity contribution in [3.05, 3.63) is 30.1 Å². The van der Waals surface area contributed by atoms with Crippen LogP contribution in [0, 0.1) is 17.1 Å². The van der Waals surface area contributed by atoms with Gasteiger partial charge in [0.25, 0.3) is 0 Å². The molecule has 1 aromatic carbocycles. The highest BCUT2D eigenvalue weighted by Crippen LogP contribution is 2.24. The number of rotatable bonds is 8. The van der Waals surface area contributed by atoms with E-state index < -0.39 is 5.54 Å². The third kappa shape index (κ3) is 4.85. The molecule has 1 atom stereocenters. The van der Waals surface area contributed by atoms with E-state index in [1.54, 1.807) is 12.1 Å². The van der Waals surface area contributed by atoms with Crippen LogP contribution in [0.2, 0.25) is 0 Å². The molecule has 19 heavy (non-hydrogen) atoms. The average Bonchev–Trinajstić information content (AvgIpc) is 2.44. The Morgan fingerprint density at radius 3 is 2.68 bits per heavy atom. The lowest BCUT2D eigenvalue weighted by Crippen LogP contribution is -2.43. The maximum absolute atomic E-state index is 13.4. The molecule has 0 fully saturated rings. The molecule has 0 aromatic heterocycles. The second kappa shape index (κ2) is 8.19. The molecule has 1 rings (SSSR count). The molecule has 0 aliphatic rings. The molecule has 1 N–H and O–H groups in total. The van der Waals surface area contributed by atoms with Crippen molar-refractivity contribution in [2.75, 3.05) is 12.3 Å². The van der Waals surface area contributed by atoms with Gasteiger partial charge >= 0.3 is 0 Å². The zero-order chi connectivity index (χ0) is 14.1. The minimum atomic E-state index is -0.426. The molecule has 2 nitrogen and oxygen atoms in total. The van der Waals surface area contributed by atoms with Crippen molar-refractivity contribution in [2.24, 2.45) is 0 Å². The topological polar surface area (TPSA) is 35.8 Å². The Bertz CT molecular complexity index is 430. The van der Waals surface area contributed by atoms with Crippen LogP contribution in [0.15, 0.2) is 29.2 Å². The summed E-state index contributed by atoms with van der Waals surface area (Å²) in [7, 11) is 0. The van der Waals surface area contributed by atoms with Gasteiger partial charge in [-0.15, -0.1) is 11.8 Å². The first-order valence-corrected chi connectivity index (χ1v) is 7.69. The Morgan fingerprint density at radius 2 is 2.11 bits per heavy atom. The number of nitrogens with zero attached hydrogens (tertiary/aromatic N) is 1. The Balaban J connectivity index is 2.42. The fourth-order valence-electron chi connectivity index (χ4n) is 2.02. The zero-order valence-corrected chi connectivity index (χ0v) is 12.4. The maximum Gasteiger partial charge on any atom is 0.136 e. The van der Waals surface area contributed by atoms with E-state index in [9.17, 15) is 9.65 Å². The fourth-order valence-corrected chi connectivity index (χ4v) is 2.91. The van der Waals surface area contributed by atoms with Crippen LogP contribution in [0.1, 0.15) is 33.1 Å². The van der Waals surface area contributed by atoms with Crippen molar-refractivity contribution in [1.82, 2.24) is 5.32 Å². The van der Waals surface area contributed by atoms with Gasteiger partial charge in [-0.25, -0.2) is 4.39 Å². The normalized spacial score (nSPS) is 13.8. The minimum Gasteiger partial charge on any atom is -0.300 e. The second-order valence-corrected chi connectivity index (χ2v) is 5.60. The van der Waals surface area contributed by atoms with Gasteiger partial charge in [-0.2, -0.15) is 5.26 Å². The van der Waals surface area contributed by atoms with Gasteiger partial charge in [-0.3, -0.25) is 5.32 Å². The Kier molecular flexibility index (Phi) is 6.90. The monoisotopic (exact) mass is 280 g/mol. The predicted molar refractivity (Wildman–Crippen MR) is 78.7 cm³/mol. The van der Waals surface area contributed by atoms with Gasteiger partial charge in [-0.05, 0) is 43.7 Å². The van der Waals surface area contributed by atoms with E-state index in [-0.39, 0.29) is 5.82 Å². The highest BCUT2D eigenvalue weighted by molar-refractivity contribution is 7.99. The van der Waals surface area contributed by atoms with E-state index in [1.807, 2.05) is 19.9 Å². The summed E-state index contributed by atoms with van der Waals surface area (Å²) in [6.45, 7) is 4.83. The number of halogens is 1. The van der Waals surface area contributed by atoms with Gasteiger partial charge < -0.3 is 0 Å². The van der Waals surface area contributed by atoms with Crippen LogP contribution in [-0.2, 0) is 0 Å². The summed E-state index contributed by atoms with van der Waals surface area (Å²) in [5.74, 6) is 0.664. The fraction of sp³-hybridized carbons (Fsp3) is 0.533. The summed E-state index contributed by atoms with van der Waals surface area (Å²) in [5, 5.41) is 12.5. The van der Waals surface area contributed by atoms with Crippen LogP contribution in [0.5, 0.6) is 0 Å². The second-order valence-electron chi connectivity index (χ2n) is 4.46. The van der Waals surface area contributed by atoms with E-state index >= 15 is 0 Å². The molecule has 0 saturated carbocycles. The van der Waals surface area contributed by atoms with Crippen LogP contribution in [-0.4, -0.2) is 17.8 Å². The Labute approximate surface area is 119 Å². The molecule has 0 amide bonds. The van der Waals surface area contributed by atoms with Crippen LogP contribution in [0.3, 0.4) is 0 Å². The lowest BCUT2D eigenvalue weighted by molar-refractivity contribution is 0.379. The minimum absolute atomic E-state index is 0.166. The number of thioether (sulfide) groups is 1. The molecule has 4 heteroatoms. The quantitative estimate of drug-likeness (QED) is 0.578. The molecule has 0 aliphatic heterocycles. The molecule has 0 radical (unpaired) electrons. The maximum atomic E-state index is 13.4. The lowest BCUT2D eigenvalue weighted by atomic mass is 9.92. The zero-order valence-electron chi connectivity index (χ0n) is 11.6. The van der Waals surface area contributed by atoms with Gasteiger partial charge in [0.15, 0.2) is 0 Å². The smallest absolute Gasteiger partial charge is 0.136 e. The summed E-state index contributed by atoms with van der Waals surface area (Å²) >= 11 is 1.51. The average molecular weight is 280 g/mol. The van der Waals surface area contributed by atoms with Crippen molar-refractivity contribution in [1.29, 1.82) is 5.26 Å². The van der Waals surface area contributed by atoms with Crippen molar-refractivity contribution < 1.29 is 4.39 Å². The molecular formula is C15H21FN2S. The van der Waals surface area contributed by atoms with E-state index in [4.69, 9.17) is 0 Å². The molecule has 0 heterocycles. The molecule has 104 valence electrons. The first kappa shape index (κ1) is 16.0. The summed E-state index contributed by atoms with van der Waals surface area (Å²) < 4.78 is 13.4. The van der Waals surface area contributed by atoms with Crippen molar-refractivity contribution in [3.8, 4) is 6.07 Å². The third-order valence-electron chi connectivity index (χ3n) is 3.17. The van der Waals surface area contributed by atoms with E-state index in [0.717, 1.165) is 31.6 Å². The Morgan fingerprint density at radius 1 is 1.37 bits per heavy atom. The predicted octanol–water partition coefficient (Wildman–Crippen LogP) is 3.98. The van der Waals surface area contributed by atoms with Gasteiger partial charge in [0.05, 0.1) is 6.07 Å². The summed E-state index contributed by atoms with van der Waals surface area (Å²) in [4.78, 5) is 0.685. The molecule has 1 aromatic rings. The van der Waals surface area contributed by atoms with Crippen LogP contribution < -0.4 is 5.32 Å². The largest absolute Gasteiger partial charge is 0.300 e. The van der Waals surface area contributed by atoms with E-state index in [0.29, 0.717) is 4.90 Å². The van der Waals surface area contributed by atoms with Crippen molar-refractivity contribution >= 4 is 11.8 Å². The highest BCUT2D eigenvalue weighted by atomic mass is 32.2. The molecular weight excluding hydrogens is 259 g/mol. The first-order chi connectivity index (χ1) is 9.17. The number of nitriles is 1. The van der Waals surface area contributed by atoms with Gasteiger partial charge in [0.1, 0.15) is 11.4 Å². The van der Waals surface area contributed by atoms with E-state index in [1.165, 1.54) is 17.8 Å². The molecule has 0 bridgehead atoms.